The minimum Gasteiger partial charge on any atom is -0.289 e. The molecule has 27 heavy (non-hydrogen) atoms. The van der Waals surface area contributed by atoms with Crippen LogP contribution in [0.3, 0.4) is 0 Å². The highest BCUT2D eigenvalue weighted by atomic mass is 32.2. The number of fused-ring (bicyclic) bond motifs is 3. The van der Waals surface area contributed by atoms with Gasteiger partial charge in [0.15, 0.2) is 5.65 Å². The predicted molar refractivity (Wildman–Crippen MR) is 102 cm³/mol. The van der Waals surface area contributed by atoms with Crippen LogP contribution in [0.4, 0.5) is 0 Å². The maximum atomic E-state index is 12.5. The molecule has 0 atom stereocenters. The van der Waals surface area contributed by atoms with Crippen molar-refractivity contribution in [2.24, 2.45) is 5.14 Å². The molecule has 4 rings (SSSR count). The number of nitrogens with two attached hydrogens (primary N) is 1. The number of hydrogen-bond donors (Lipinski definition) is 2. The van der Waals surface area contributed by atoms with Gasteiger partial charge in [-0.3, -0.25) is 9.55 Å². The predicted octanol–water partition coefficient (Wildman–Crippen LogP) is 1.59. The van der Waals surface area contributed by atoms with E-state index in [2.05, 4.69) is 15.2 Å². The highest BCUT2D eigenvalue weighted by molar-refractivity contribution is 7.89. The van der Waals surface area contributed by atoms with Crippen molar-refractivity contribution in [1.29, 1.82) is 0 Å². The third-order valence-electron chi connectivity index (χ3n) is 4.68. The number of nitrogens with one attached hydrogen (secondary N) is 1. The van der Waals surface area contributed by atoms with Crippen LogP contribution in [0.15, 0.2) is 46.1 Å². The van der Waals surface area contributed by atoms with E-state index in [1.807, 2.05) is 26.0 Å². The van der Waals surface area contributed by atoms with Crippen molar-refractivity contribution in [3.63, 3.8) is 0 Å². The van der Waals surface area contributed by atoms with Crippen molar-refractivity contribution in [2.75, 3.05) is 0 Å². The molecule has 9 heteroatoms. The normalized spacial score (nSPS) is 12.1. The number of aromatic nitrogens is 4. The molecule has 138 valence electrons. The van der Waals surface area contributed by atoms with E-state index < -0.39 is 10.0 Å². The summed E-state index contributed by atoms with van der Waals surface area (Å²) in [6.45, 7) is 4.26. The largest absolute Gasteiger partial charge is 0.328 e. The number of imidazole rings is 1. The van der Waals surface area contributed by atoms with Gasteiger partial charge in [0, 0.05) is 5.39 Å². The second-order valence-corrected chi connectivity index (χ2v) is 8.12. The molecule has 0 radical (unpaired) electrons. The van der Waals surface area contributed by atoms with Crippen molar-refractivity contribution < 1.29 is 8.42 Å². The second-order valence-electron chi connectivity index (χ2n) is 6.56. The fourth-order valence-corrected chi connectivity index (χ4v) is 3.61. The summed E-state index contributed by atoms with van der Waals surface area (Å²) in [6.07, 6.45) is 0. The molecule has 0 aliphatic heterocycles. The van der Waals surface area contributed by atoms with Gasteiger partial charge >= 0.3 is 5.69 Å². The number of sulfonamides is 1. The quantitative estimate of drug-likeness (QED) is 0.556. The van der Waals surface area contributed by atoms with Crippen molar-refractivity contribution >= 4 is 32.1 Å². The van der Waals surface area contributed by atoms with Gasteiger partial charge < -0.3 is 0 Å². The van der Waals surface area contributed by atoms with Crippen LogP contribution in [0.25, 0.3) is 22.1 Å². The number of nitrogens with zero attached hydrogens (tertiary/aromatic N) is 3. The van der Waals surface area contributed by atoms with Crippen molar-refractivity contribution in [1.82, 2.24) is 19.7 Å². The summed E-state index contributed by atoms with van der Waals surface area (Å²) < 4.78 is 24.4. The first kappa shape index (κ1) is 17.4. The molecule has 0 unspecified atom stereocenters. The number of H-pyrrole nitrogens is 1. The topological polar surface area (TPSA) is 124 Å². The Balaban J connectivity index is 1.88. The number of benzene rings is 2. The summed E-state index contributed by atoms with van der Waals surface area (Å²) in [5, 5.41) is 14.3. The van der Waals surface area contributed by atoms with E-state index in [1.54, 1.807) is 16.7 Å². The molecule has 0 amide bonds. The van der Waals surface area contributed by atoms with Crippen molar-refractivity contribution in [3.8, 4) is 0 Å². The lowest BCUT2D eigenvalue weighted by atomic mass is 10.1. The smallest absolute Gasteiger partial charge is 0.289 e. The fourth-order valence-electron chi connectivity index (χ4n) is 3.10. The van der Waals surface area contributed by atoms with Gasteiger partial charge in [0.05, 0.1) is 17.0 Å². The van der Waals surface area contributed by atoms with E-state index in [0.29, 0.717) is 16.7 Å². The molecule has 0 bridgehead atoms. The zero-order chi connectivity index (χ0) is 19.3. The molecular weight excluding hydrogens is 366 g/mol. The van der Waals surface area contributed by atoms with E-state index in [4.69, 9.17) is 5.14 Å². The molecule has 2 aromatic heterocycles. The minimum absolute atomic E-state index is 0.0277. The van der Waals surface area contributed by atoms with Crippen LogP contribution in [0.2, 0.25) is 0 Å². The van der Waals surface area contributed by atoms with E-state index in [0.717, 1.165) is 22.1 Å². The van der Waals surface area contributed by atoms with Crippen LogP contribution in [-0.4, -0.2) is 28.2 Å². The van der Waals surface area contributed by atoms with Gasteiger partial charge in [0.2, 0.25) is 10.0 Å². The lowest BCUT2D eigenvalue weighted by Gasteiger charge is -2.08. The average Bonchev–Trinajstić information content (AvgIpc) is 2.92. The molecular formula is C18H17N5O3S. The Morgan fingerprint density at radius 3 is 2.41 bits per heavy atom. The number of aryl methyl sites for hydroxylation is 2. The SMILES string of the molecule is Cc1cc2nnc3[nH]c(=O)n(Cc4ccc(S(N)(=O)=O)cc4)c3c2cc1C. The molecule has 3 N–H and O–H groups in total. The van der Waals surface area contributed by atoms with E-state index in [1.165, 1.54) is 12.1 Å². The number of primary sulfonamides is 1. The Morgan fingerprint density at radius 2 is 1.74 bits per heavy atom. The molecule has 0 fully saturated rings. The Hall–Kier alpha value is -3.04. The fraction of sp³-hybridized carbons (Fsp3) is 0.167. The van der Waals surface area contributed by atoms with Crippen LogP contribution in [-0.2, 0) is 16.6 Å². The van der Waals surface area contributed by atoms with E-state index in [-0.39, 0.29) is 17.1 Å². The summed E-state index contributed by atoms with van der Waals surface area (Å²) in [5.74, 6) is 0. The van der Waals surface area contributed by atoms with Gasteiger partial charge in [0.25, 0.3) is 0 Å². The van der Waals surface area contributed by atoms with Gasteiger partial charge in [-0.05, 0) is 54.8 Å². The van der Waals surface area contributed by atoms with Crippen LogP contribution < -0.4 is 10.8 Å². The summed E-state index contributed by atoms with van der Waals surface area (Å²) in [5.41, 5.74) is 4.44. The summed E-state index contributed by atoms with van der Waals surface area (Å²) in [6, 6.07) is 10.1. The van der Waals surface area contributed by atoms with Gasteiger partial charge in [0.1, 0.15) is 5.52 Å². The first-order valence-corrected chi connectivity index (χ1v) is 9.76. The van der Waals surface area contributed by atoms with Gasteiger partial charge in [-0.25, -0.2) is 18.4 Å². The maximum Gasteiger partial charge on any atom is 0.328 e. The molecule has 0 saturated heterocycles. The summed E-state index contributed by atoms with van der Waals surface area (Å²) >= 11 is 0. The van der Waals surface area contributed by atoms with E-state index in [9.17, 15) is 13.2 Å². The minimum atomic E-state index is -3.76. The summed E-state index contributed by atoms with van der Waals surface area (Å²) in [4.78, 5) is 15.2. The Morgan fingerprint density at radius 1 is 1.07 bits per heavy atom. The lowest BCUT2D eigenvalue weighted by molar-refractivity contribution is 0.597. The zero-order valence-electron chi connectivity index (χ0n) is 14.7. The first-order valence-electron chi connectivity index (χ1n) is 8.22. The maximum absolute atomic E-state index is 12.5. The Kier molecular flexibility index (Phi) is 3.86. The molecule has 0 saturated carbocycles. The summed E-state index contributed by atoms with van der Waals surface area (Å²) in [7, 11) is -3.76. The molecule has 0 aliphatic carbocycles. The lowest BCUT2D eigenvalue weighted by Crippen LogP contribution is -2.17. The second kappa shape index (κ2) is 6.00. The number of rotatable bonds is 3. The first-order chi connectivity index (χ1) is 12.7. The van der Waals surface area contributed by atoms with Crippen LogP contribution in [0.5, 0.6) is 0 Å². The Bertz CT molecular complexity index is 1350. The van der Waals surface area contributed by atoms with Gasteiger partial charge in [-0.1, -0.05) is 12.1 Å². The van der Waals surface area contributed by atoms with E-state index >= 15 is 0 Å². The van der Waals surface area contributed by atoms with Crippen molar-refractivity contribution in [3.05, 3.63) is 63.6 Å². The Labute approximate surface area is 154 Å². The molecule has 4 aromatic rings. The van der Waals surface area contributed by atoms with Crippen LogP contribution in [0.1, 0.15) is 16.7 Å². The third kappa shape index (κ3) is 3.00. The van der Waals surface area contributed by atoms with Gasteiger partial charge in [-0.15, -0.1) is 10.2 Å². The monoisotopic (exact) mass is 383 g/mol. The van der Waals surface area contributed by atoms with Crippen molar-refractivity contribution in [2.45, 2.75) is 25.3 Å². The highest BCUT2D eigenvalue weighted by Crippen LogP contribution is 2.24. The van der Waals surface area contributed by atoms with Crippen LogP contribution >= 0.6 is 0 Å². The zero-order valence-corrected chi connectivity index (χ0v) is 15.5. The molecule has 2 aromatic carbocycles. The van der Waals surface area contributed by atoms with Gasteiger partial charge in [-0.2, -0.15) is 0 Å². The highest BCUT2D eigenvalue weighted by Gasteiger charge is 2.14. The van der Waals surface area contributed by atoms with Crippen LogP contribution in [0, 0.1) is 13.8 Å². The molecule has 8 nitrogen and oxygen atoms in total. The number of hydrogen-bond acceptors (Lipinski definition) is 5. The standard InChI is InChI=1S/C18H17N5O3S/c1-10-7-14-15(8-11(10)2)21-22-17-16(14)23(18(24)20-17)9-12-3-5-13(6-4-12)27(19,25)26/h3-8H,9H2,1-2H3,(H2,19,25,26)(H,20,22,24). The number of aromatic amines is 1. The third-order valence-corrected chi connectivity index (χ3v) is 5.61. The molecule has 0 spiro atoms. The average molecular weight is 383 g/mol. The molecule has 2 heterocycles. The molecule has 0 aliphatic rings.